The van der Waals surface area contributed by atoms with E-state index in [1.54, 1.807) is 34.9 Å². The van der Waals surface area contributed by atoms with Crippen LogP contribution in [0.1, 0.15) is 50.9 Å². The zero-order valence-electron chi connectivity index (χ0n) is 16.2. The van der Waals surface area contributed by atoms with E-state index in [9.17, 15) is 14.4 Å². The summed E-state index contributed by atoms with van der Waals surface area (Å²) in [7, 11) is 3.28. The Morgan fingerprint density at radius 2 is 1.81 bits per heavy atom. The molecule has 0 aliphatic rings. The molecule has 0 spiro atoms. The van der Waals surface area contributed by atoms with Crippen molar-refractivity contribution in [2.45, 2.75) is 26.7 Å². The van der Waals surface area contributed by atoms with Crippen LogP contribution in [0.5, 0.6) is 0 Å². The lowest BCUT2D eigenvalue weighted by molar-refractivity contribution is -0.117. The summed E-state index contributed by atoms with van der Waals surface area (Å²) in [5, 5.41) is 3.15. The molecule has 0 fully saturated rings. The average molecular weight is 388 g/mol. The first kappa shape index (κ1) is 20.6. The van der Waals surface area contributed by atoms with E-state index in [-0.39, 0.29) is 24.0 Å². The van der Waals surface area contributed by atoms with E-state index < -0.39 is 11.9 Å². The molecule has 2 amide bonds. The molecule has 0 bridgehead atoms. The second kappa shape index (κ2) is 8.81. The van der Waals surface area contributed by atoms with Gasteiger partial charge in [-0.05, 0) is 31.9 Å². The number of carbonyl (C=O) groups excluding carboxylic acids is 3. The van der Waals surface area contributed by atoms with Crippen LogP contribution >= 0.6 is 11.3 Å². The molecular weight excluding hydrogens is 364 g/mol. The first-order chi connectivity index (χ1) is 12.8. The lowest BCUT2D eigenvalue weighted by Crippen LogP contribution is -2.21. The highest BCUT2D eigenvalue weighted by Crippen LogP contribution is 2.35. The largest absolute Gasteiger partial charge is 0.462 e. The van der Waals surface area contributed by atoms with Gasteiger partial charge in [-0.2, -0.15) is 0 Å². The van der Waals surface area contributed by atoms with E-state index >= 15 is 0 Å². The van der Waals surface area contributed by atoms with Crippen molar-refractivity contribution in [3.05, 3.63) is 51.9 Å². The van der Waals surface area contributed by atoms with Crippen LogP contribution in [0.4, 0.5) is 5.00 Å². The van der Waals surface area contributed by atoms with Gasteiger partial charge in [0.15, 0.2) is 0 Å². The summed E-state index contributed by atoms with van der Waals surface area (Å²) in [4.78, 5) is 39.4. The van der Waals surface area contributed by atoms with Crippen LogP contribution in [-0.2, 0) is 9.53 Å². The van der Waals surface area contributed by atoms with Crippen molar-refractivity contribution in [1.29, 1.82) is 0 Å². The summed E-state index contributed by atoms with van der Waals surface area (Å²) in [6, 6.07) is 9.36. The molecule has 0 radical (unpaired) electrons. The molecule has 0 saturated carbocycles. The maximum atomic E-state index is 12.7. The normalized spacial score (nSPS) is 11.6. The third-order valence-corrected chi connectivity index (χ3v) is 5.35. The van der Waals surface area contributed by atoms with Crippen LogP contribution < -0.4 is 5.32 Å². The Morgan fingerprint density at radius 1 is 1.19 bits per heavy atom. The highest BCUT2D eigenvalue weighted by Gasteiger charge is 2.28. The molecule has 2 rings (SSSR count). The molecule has 1 aromatic heterocycles. The predicted octanol–water partition coefficient (Wildman–Crippen LogP) is 3.68. The van der Waals surface area contributed by atoms with E-state index in [1.165, 1.54) is 4.90 Å². The predicted molar refractivity (Wildman–Crippen MR) is 107 cm³/mol. The fourth-order valence-corrected chi connectivity index (χ4v) is 3.79. The quantitative estimate of drug-likeness (QED) is 0.766. The molecule has 1 N–H and O–H groups in total. The van der Waals surface area contributed by atoms with E-state index in [4.69, 9.17) is 4.74 Å². The van der Waals surface area contributed by atoms with Gasteiger partial charge in [0.05, 0.1) is 23.0 Å². The van der Waals surface area contributed by atoms with Gasteiger partial charge >= 0.3 is 5.97 Å². The van der Waals surface area contributed by atoms with Gasteiger partial charge in [-0.1, -0.05) is 30.3 Å². The molecule has 144 valence electrons. The Bertz CT molecular complexity index is 843. The number of anilines is 1. The first-order valence-electron chi connectivity index (χ1n) is 8.65. The van der Waals surface area contributed by atoms with E-state index in [2.05, 4.69) is 5.32 Å². The summed E-state index contributed by atoms with van der Waals surface area (Å²) in [6.07, 6.45) is 0. The number of ether oxygens (including phenoxy) is 1. The lowest BCUT2D eigenvalue weighted by Gasteiger charge is -2.12. The van der Waals surface area contributed by atoms with E-state index in [0.717, 1.165) is 16.9 Å². The fourth-order valence-electron chi connectivity index (χ4n) is 2.57. The molecule has 1 aromatic carbocycles. The topological polar surface area (TPSA) is 75.7 Å². The Balaban J connectivity index is 2.39. The van der Waals surface area contributed by atoms with E-state index in [1.807, 2.05) is 30.3 Å². The van der Waals surface area contributed by atoms with Crippen LogP contribution in [-0.4, -0.2) is 43.4 Å². The van der Waals surface area contributed by atoms with Crippen LogP contribution in [0.25, 0.3) is 0 Å². The molecule has 0 aliphatic heterocycles. The molecule has 27 heavy (non-hydrogen) atoms. The molecule has 1 atom stereocenters. The standard InChI is InChI=1S/C20H24N2O4S/c1-6-26-20(25)15-13(3)16(19(24)22(4)5)27-18(15)21-17(23)12(2)14-10-8-7-9-11-14/h7-12H,6H2,1-5H3,(H,21,23)/t12-/m1/s1. The highest BCUT2D eigenvalue weighted by atomic mass is 32.1. The molecule has 7 heteroatoms. The monoisotopic (exact) mass is 388 g/mol. The van der Waals surface area contributed by atoms with Crippen molar-refractivity contribution in [1.82, 2.24) is 4.90 Å². The maximum Gasteiger partial charge on any atom is 0.341 e. The Morgan fingerprint density at radius 3 is 2.37 bits per heavy atom. The Hall–Kier alpha value is -2.67. The average Bonchev–Trinajstić information content (AvgIpc) is 2.97. The third kappa shape index (κ3) is 4.54. The number of esters is 1. The zero-order chi connectivity index (χ0) is 20.1. The number of benzene rings is 1. The smallest absolute Gasteiger partial charge is 0.341 e. The van der Waals surface area contributed by atoms with Crippen molar-refractivity contribution in [3.8, 4) is 0 Å². The number of thiophene rings is 1. The molecular formula is C20H24N2O4S. The van der Waals surface area contributed by atoms with Crippen molar-refractivity contribution in [3.63, 3.8) is 0 Å². The van der Waals surface area contributed by atoms with Gasteiger partial charge in [0.2, 0.25) is 5.91 Å². The number of amides is 2. The number of nitrogens with one attached hydrogen (secondary N) is 1. The molecule has 6 nitrogen and oxygen atoms in total. The van der Waals surface area contributed by atoms with Crippen LogP contribution in [0, 0.1) is 6.92 Å². The van der Waals surface area contributed by atoms with Gasteiger partial charge in [0.1, 0.15) is 5.00 Å². The summed E-state index contributed by atoms with van der Waals surface area (Å²) in [5.74, 6) is -1.43. The van der Waals surface area contributed by atoms with Gasteiger partial charge < -0.3 is 15.0 Å². The van der Waals surface area contributed by atoms with Gasteiger partial charge in [-0.25, -0.2) is 4.79 Å². The van der Waals surface area contributed by atoms with Crippen LogP contribution in [0.3, 0.4) is 0 Å². The molecule has 1 heterocycles. The minimum Gasteiger partial charge on any atom is -0.462 e. The molecule has 0 unspecified atom stereocenters. The van der Waals surface area contributed by atoms with Crippen molar-refractivity contribution >= 4 is 34.1 Å². The Kier molecular flexibility index (Phi) is 6.74. The van der Waals surface area contributed by atoms with Gasteiger partial charge in [0.25, 0.3) is 5.91 Å². The van der Waals surface area contributed by atoms with Gasteiger partial charge in [-0.3, -0.25) is 9.59 Å². The minimum atomic E-state index is -0.549. The number of nitrogens with zero attached hydrogens (tertiary/aromatic N) is 1. The third-order valence-electron chi connectivity index (χ3n) is 4.16. The minimum absolute atomic E-state index is 0.207. The zero-order valence-corrected chi connectivity index (χ0v) is 17.0. The van der Waals surface area contributed by atoms with Crippen LogP contribution in [0.15, 0.2) is 30.3 Å². The van der Waals surface area contributed by atoms with Gasteiger partial charge in [-0.15, -0.1) is 11.3 Å². The fraction of sp³-hybridized carbons (Fsp3) is 0.350. The van der Waals surface area contributed by atoms with Crippen molar-refractivity contribution in [2.24, 2.45) is 0 Å². The molecule has 0 aliphatic carbocycles. The van der Waals surface area contributed by atoms with Crippen molar-refractivity contribution < 1.29 is 19.1 Å². The second-order valence-corrected chi connectivity index (χ2v) is 7.32. The summed E-state index contributed by atoms with van der Waals surface area (Å²) < 4.78 is 5.12. The Labute approximate surface area is 163 Å². The number of rotatable bonds is 6. The number of carbonyl (C=O) groups is 3. The molecule has 2 aromatic rings. The lowest BCUT2D eigenvalue weighted by atomic mass is 10.0. The first-order valence-corrected chi connectivity index (χ1v) is 9.47. The summed E-state index contributed by atoms with van der Waals surface area (Å²) in [5.41, 5.74) is 1.62. The number of hydrogen-bond donors (Lipinski definition) is 1. The summed E-state index contributed by atoms with van der Waals surface area (Å²) in [6.45, 7) is 5.40. The maximum absolute atomic E-state index is 12.7. The summed E-state index contributed by atoms with van der Waals surface area (Å²) >= 11 is 1.09. The molecule has 0 saturated heterocycles. The number of hydrogen-bond acceptors (Lipinski definition) is 5. The van der Waals surface area contributed by atoms with E-state index in [0.29, 0.717) is 15.4 Å². The van der Waals surface area contributed by atoms with Crippen LogP contribution in [0.2, 0.25) is 0 Å². The van der Waals surface area contributed by atoms with Crippen molar-refractivity contribution in [2.75, 3.05) is 26.0 Å². The van der Waals surface area contributed by atoms with Gasteiger partial charge in [0, 0.05) is 14.1 Å². The second-order valence-electron chi connectivity index (χ2n) is 6.30. The SMILES string of the molecule is CCOC(=O)c1c(NC(=O)[C@H](C)c2ccccc2)sc(C(=O)N(C)C)c1C. The highest BCUT2D eigenvalue weighted by molar-refractivity contribution is 7.18.